The van der Waals surface area contributed by atoms with Crippen LogP contribution in [0, 0.1) is 0 Å². The molecule has 5 heteroatoms. The fourth-order valence-corrected chi connectivity index (χ4v) is 2.31. The molecule has 88 valence electrons. The Labute approximate surface area is 94.0 Å². The lowest BCUT2D eigenvalue weighted by Gasteiger charge is -2.26. The summed E-state index contributed by atoms with van der Waals surface area (Å²) in [6.45, 7) is 0.275. The molecule has 1 aliphatic carbocycles. The molecule has 0 radical (unpaired) electrons. The van der Waals surface area contributed by atoms with Crippen LogP contribution in [0.1, 0.15) is 37.2 Å². The smallest absolute Gasteiger partial charge is 0.251 e. The summed E-state index contributed by atoms with van der Waals surface area (Å²) in [5.74, 6) is 0.625. The van der Waals surface area contributed by atoms with Crippen LogP contribution >= 0.6 is 0 Å². The summed E-state index contributed by atoms with van der Waals surface area (Å²) in [5, 5.41) is 0. The zero-order valence-corrected chi connectivity index (χ0v) is 9.45. The predicted octanol–water partition coefficient (Wildman–Crippen LogP) is 0.644. The summed E-state index contributed by atoms with van der Waals surface area (Å²) in [6, 6.07) is 1.43. The summed E-state index contributed by atoms with van der Waals surface area (Å²) in [4.78, 5) is 18.6. The number of methoxy groups -OCH3 is 1. The molecule has 0 aromatic carbocycles. The van der Waals surface area contributed by atoms with E-state index in [-0.39, 0.29) is 12.1 Å². The van der Waals surface area contributed by atoms with Gasteiger partial charge in [0.1, 0.15) is 11.4 Å². The minimum Gasteiger partial charge on any atom is -0.370 e. The van der Waals surface area contributed by atoms with E-state index >= 15 is 0 Å². The molecule has 0 bridgehead atoms. The van der Waals surface area contributed by atoms with E-state index in [1.165, 1.54) is 6.07 Å². The molecule has 0 atom stereocenters. The summed E-state index contributed by atoms with van der Waals surface area (Å²) < 4.78 is 5.57. The van der Waals surface area contributed by atoms with Gasteiger partial charge in [-0.25, -0.2) is 4.98 Å². The molecular formula is C11H17N3O2. The number of nitrogens with zero attached hydrogens (tertiary/aromatic N) is 1. The highest BCUT2D eigenvalue weighted by atomic mass is 16.5. The molecule has 3 N–H and O–H groups in total. The number of rotatable bonds is 3. The van der Waals surface area contributed by atoms with Crippen molar-refractivity contribution in [1.82, 2.24) is 9.97 Å². The Bertz CT molecular complexity index is 421. The number of hydrogen-bond acceptors (Lipinski definition) is 4. The van der Waals surface area contributed by atoms with Gasteiger partial charge in [-0.05, 0) is 25.7 Å². The molecule has 2 rings (SSSR count). The van der Waals surface area contributed by atoms with Gasteiger partial charge in [0, 0.05) is 19.7 Å². The van der Waals surface area contributed by atoms with Gasteiger partial charge in [-0.2, -0.15) is 0 Å². The Hall–Kier alpha value is -1.20. The van der Waals surface area contributed by atoms with Gasteiger partial charge in [-0.15, -0.1) is 0 Å². The number of aromatic amines is 1. The fraction of sp³-hybridized carbons (Fsp3) is 0.636. The average molecular weight is 223 g/mol. The van der Waals surface area contributed by atoms with E-state index in [1.807, 2.05) is 0 Å². The van der Waals surface area contributed by atoms with Crippen LogP contribution in [0.3, 0.4) is 0 Å². The van der Waals surface area contributed by atoms with E-state index in [1.54, 1.807) is 7.11 Å². The molecule has 0 saturated heterocycles. The first-order valence-corrected chi connectivity index (χ1v) is 5.56. The second-order valence-corrected chi connectivity index (χ2v) is 4.19. The van der Waals surface area contributed by atoms with Gasteiger partial charge >= 0.3 is 0 Å². The standard InChI is InChI=1S/C11H17N3O2/c1-16-11(4-2-3-5-11)10-13-8(7-12)6-9(15)14-10/h6H,2-5,7,12H2,1H3,(H,13,14,15). The van der Waals surface area contributed by atoms with Crippen molar-refractivity contribution >= 4 is 0 Å². The number of H-pyrrole nitrogens is 1. The van der Waals surface area contributed by atoms with E-state index in [0.29, 0.717) is 11.5 Å². The number of hydrogen-bond donors (Lipinski definition) is 2. The van der Waals surface area contributed by atoms with Crippen LogP contribution in [0.15, 0.2) is 10.9 Å². The highest BCUT2D eigenvalue weighted by Crippen LogP contribution is 2.39. The molecule has 1 aliphatic rings. The topological polar surface area (TPSA) is 81.0 Å². The Balaban J connectivity index is 2.45. The number of nitrogens with one attached hydrogen (secondary N) is 1. The van der Waals surface area contributed by atoms with E-state index in [2.05, 4.69) is 9.97 Å². The lowest BCUT2D eigenvalue weighted by Crippen LogP contribution is -2.31. The minimum atomic E-state index is -0.412. The molecule has 0 aliphatic heterocycles. The van der Waals surface area contributed by atoms with E-state index < -0.39 is 5.60 Å². The first-order valence-electron chi connectivity index (χ1n) is 5.56. The third-order valence-electron chi connectivity index (χ3n) is 3.24. The highest BCUT2D eigenvalue weighted by molar-refractivity contribution is 5.10. The van der Waals surface area contributed by atoms with Crippen LogP contribution in [0.5, 0.6) is 0 Å². The first-order chi connectivity index (χ1) is 7.70. The van der Waals surface area contributed by atoms with Crippen LogP contribution in [-0.4, -0.2) is 17.1 Å². The van der Waals surface area contributed by atoms with Crippen molar-refractivity contribution in [2.75, 3.05) is 7.11 Å². The lowest BCUT2D eigenvalue weighted by atomic mass is 10.0. The van der Waals surface area contributed by atoms with Crippen LogP contribution in [0.4, 0.5) is 0 Å². The van der Waals surface area contributed by atoms with Crippen molar-refractivity contribution in [3.05, 3.63) is 27.9 Å². The van der Waals surface area contributed by atoms with Crippen LogP contribution < -0.4 is 11.3 Å². The molecule has 1 aromatic heterocycles. The number of ether oxygens (including phenoxy) is 1. The summed E-state index contributed by atoms with van der Waals surface area (Å²) in [6.07, 6.45) is 4.01. The first kappa shape index (κ1) is 11.3. The van der Waals surface area contributed by atoms with Crippen LogP contribution in [0.2, 0.25) is 0 Å². The molecule has 1 aromatic rings. The number of aromatic nitrogens is 2. The second kappa shape index (κ2) is 4.35. The SMILES string of the molecule is COC1(c2nc(CN)cc(=O)[nH]2)CCCC1. The lowest BCUT2D eigenvalue weighted by molar-refractivity contribution is -0.0166. The maximum Gasteiger partial charge on any atom is 0.251 e. The van der Waals surface area contributed by atoms with Gasteiger partial charge in [-0.3, -0.25) is 4.79 Å². The van der Waals surface area contributed by atoms with Gasteiger partial charge in [0.2, 0.25) is 0 Å². The molecule has 0 unspecified atom stereocenters. The quantitative estimate of drug-likeness (QED) is 0.788. The minimum absolute atomic E-state index is 0.159. The summed E-state index contributed by atoms with van der Waals surface area (Å²) in [7, 11) is 1.67. The zero-order chi connectivity index (χ0) is 11.6. The Morgan fingerprint density at radius 2 is 2.25 bits per heavy atom. The average Bonchev–Trinajstić information content (AvgIpc) is 2.78. The zero-order valence-electron chi connectivity index (χ0n) is 9.45. The number of nitrogens with two attached hydrogens (primary N) is 1. The maximum absolute atomic E-state index is 11.5. The van der Waals surface area contributed by atoms with E-state index in [9.17, 15) is 4.79 Å². The summed E-state index contributed by atoms with van der Waals surface area (Å²) in [5.41, 5.74) is 5.56. The van der Waals surface area contributed by atoms with Gasteiger partial charge in [0.05, 0.1) is 5.69 Å². The van der Waals surface area contributed by atoms with Gasteiger partial charge in [-0.1, -0.05) is 0 Å². The monoisotopic (exact) mass is 223 g/mol. The molecular weight excluding hydrogens is 206 g/mol. The molecule has 5 nitrogen and oxygen atoms in total. The molecule has 0 spiro atoms. The van der Waals surface area contributed by atoms with Crippen molar-refractivity contribution in [2.24, 2.45) is 5.73 Å². The molecule has 1 saturated carbocycles. The molecule has 0 amide bonds. The Kier molecular flexibility index (Phi) is 3.07. The maximum atomic E-state index is 11.5. The van der Waals surface area contributed by atoms with Crippen molar-refractivity contribution < 1.29 is 4.74 Å². The summed E-state index contributed by atoms with van der Waals surface area (Å²) >= 11 is 0. The largest absolute Gasteiger partial charge is 0.370 e. The third kappa shape index (κ3) is 1.88. The van der Waals surface area contributed by atoms with Gasteiger partial charge in [0.25, 0.3) is 5.56 Å². The fourth-order valence-electron chi connectivity index (χ4n) is 2.31. The normalized spacial score (nSPS) is 18.9. The second-order valence-electron chi connectivity index (χ2n) is 4.19. The third-order valence-corrected chi connectivity index (χ3v) is 3.24. The highest BCUT2D eigenvalue weighted by Gasteiger charge is 2.38. The van der Waals surface area contributed by atoms with Crippen LogP contribution in [0.25, 0.3) is 0 Å². The Morgan fingerprint density at radius 1 is 1.56 bits per heavy atom. The predicted molar refractivity (Wildman–Crippen MR) is 59.9 cm³/mol. The Morgan fingerprint density at radius 3 is 2.81 bits per heavy atom. The van der Waals surface area contributed by atoms with E-state index in [0.717, 1.165) is 25.7 Å². The van der Waals surface area contributed by atoms with Crippen molar-refractivity contribution in [1.29, 1.82) is 0 Å². The molecule has 16 heavy (non-hydrogen) atoms. The van der Waals surface area contributed by atoms with Crippen molar-refractivity contribution in [2.45, 2.75) is 37.8 Å². The van der Waals surface area contributed by atoms with E-state index in [4.69, 9.17) is 10.5 Å². The van der Waals surface area contributed by atoms with Gasteiger partial charge in [0.15, 0.2) is 0 Å². The van der Waals surface area contributed by atoms with Crippen molar-refractivity contribution in [3.63, 3.8) is 0 Å². The van der Waals surface area contributed by atoms with Crippen molar-refractivity contribution in [3.8, 4) is 0 Å². The molecule has 1 heterocycles. The van der Waals surface area contributed by atoms with Crippen LogP contribution in [-0.2, 0) is 16.9 Å². The molecule has 1 fully saturated rings. The van der Waals surface area contributed by atoms with Gasteiger partial charge < -0.3 is 15.5 Å².